The molecule has 2 aliphatic heterocycles. The van der Waals surface area contributed by atoms with Crippen LogP contribution in [0.25, 0.3) is 0 Å². The maximum atomic E-state index is 12.5. The van der Waals surface area contributed by atoms with Gasteiger partial charge >= 0.3 is 0 Å². The normalized spacial score (nSPS) is 27.7. The molecule has 0 spiro atoms. The molecular formula is C13H19N3O4S. The van der Waals surface area contributed by atoms with Crippen molar-refractivity contribution in [2.45, 2.75) is 31.3 Å². The third-order valence-corrected chi connectivity index (χ3v) is 5.74. The van der Waals surface area contributed by atoms with Gasteiger partial charge in [-0.1, -0.05) is 0 Å². The minimum atomic E-state index is -3.70. The number of hydrogen-bond acceptors (Lipinski definition) is 4. The van der Waals surface area contributed by atoms with Crippen LogP contribution >= 0.6 is 0 Å². The third-order valence-electron chi connectivity index (χ3n) is 4.10. The molecule has 2 aliphatic rings. The van der Waals surface area contributed by atoms with Crippen LogP contribution in [-0.2, 0) is 15.0 Å². The van der Waals surface area contributed by atoms with Crippen molar-refractivity contribution in [3.8, 4) is 0 Å². The van der Waals surface area contributed by atoms with Gasteiger partial charge in [-0.25, -0.2) is 0 Å². The summed E-state index contributed by atoms with van der Waals surface area (Å²) in [5, 5.41) is 0. The molecule has 0 bridgehead atoms. The Morgan fingerprint density at radius 2 is 2.14 bits per heavy atom. The lowest BCUT2D eigenvalue weighted by Gasteiger charge is -2.24. The standard InChI is InChI=1S/C13H19N3O4S/c1-15-8-6-10(13(15)17)14-21(18,19)16-7-2-4-11(16)12-5-3-9-20-12/h3,5,9-11,14H,2,4,6-8H2,1H3. The Balaban J connectivity index is 1.76. The van der Waals surface area contributed by atoms with E-state index in [0.717, 1.165) is 12.8 Å². The number of carbonyl (C=O) groups is 1. The number of hydrogen-bond donors (Lipinski definition) is 1. The minimum Gasteiger partial charge on any atom is -0.468 e. The summed E-state index contributed by atoms with van der Waals surface area (Å²) in [6, 6.07) is 2.60. The zero-order valence-corrected chi connectivity index (χ0v) is 12.7. The van der Waals surface area contributed by atoms with E-state index < -0.39 is 16.3 Å². The topological polar surface area (TPSA) is 82.9 Å². The van der Waals surface area contributed by atoms with Crippen molar-refractivity contribution in [3.63, 3.8) is 0 Å². The van der Waals surface area contributed by atoms with Crippen molar-refractivity contribution in [1.82, 2.24) is 13.9 Å². The van der Waals surface area contributed by atoms with E-state index in [1.165, 1.54) is 4.31 Å². The van der Waals surface area contributed by atoms with Gasteiger partial charge in [-0.2, -0.15) is 17.4 Å². The molecule has 2 atom stereocenters. The highest BCUT2D eigenvalue weighted by molar-refractivity contribution is 7.87. The van der Waals surface area contributed by atoms with Gasteiger partial charge in [0.1, 0.15) is 11.8 Å². The number of rotatable bonds is 4. The summed E-state index contributed by atoms with van der Waals surface area (Å²) in [6.07, 6.45) is 3.56. The number of likely N-dealkylation sites (tertiary alicyclic amines) is 1. The molecule has 116 valence electrons. The Morgan fingerprint density at radius 1 is 1.33 bits per heavy atom. The van der Waals surface area contributed by atoms with Gasteiger partial charge in [0.15, 0.2) is 0 Å². The Morgan fingerprint density at radius 3 is 2.76 bits per heavy atom. The average molecular weight is 313 g/mol. The first kappa shape index (κ1) is 14.6. The van der Waals surface area contributed by atoms with Crippen LogP contribution in [0.15, 0.2) is 22.8 Å². The van der Waals surface area contributed by atoms with Crippen molar-refractivity contribution in [3.05, 3.63) is 24.2 Å². The molecule has 8 heteroatoms. The molecule has 2 saturated heterocycles. The lowest BCUT2D eigenvalue weighted by atomic mass is 10.2. The predicted octanol–water partition coefficient (Wildman–Crippen LogP) is 0.482. The Labute approximate surface area is 124 Å². The number of amides is 1. The second-order valence-electron chi connectivity index (χ2n) is 5.51. The van der Waals surface area contributed by atoms with Crippen LogP contribution in [0.5, 0.6) is 0 Å². The highest BCUT2D eigenvalue weighted by atomic mass is 32.2. The molecule has 0 aliphatic carbocycles. The summed E-state index contributed by atoms with van der Waals surface area (Å²) in [6.45, 7) is 1.02. The van der Waals surface area contributed by atoms with Crippen LogP contribution in [0.1, 0.15) is 31.1 Å². The molecule has 0 saturated carbocycles. The van der Waals surface area contributed by atoms with E-state index in [-0.39, 0.29) is 11.9 Å². The maximum absolute atomic E-state index is 12.5. The fraction of sp³-hybridized carbons (Fsp3) is 0.615. The smallest absolute Gasteiger partial charge is 0.280 e. The van der Waals surface area contributed by atoms with Crippen LogP contribution in [0.4, 0.5) is 0 Å². The van der Waals surface area contributed by atoms with E-state index in [4.69, 9.17) is 4.42 Å². The summed E-state index contributed by atoms with van der Waals surface area (Å²) >= 11 is 0. The third kappa shape index (κ3) is 2.70. The Bertz CT molecular complexity index is 613. The first-order valence-electron chi connectivity index (χ1n) is 7.06. The fourth-order valence-electron chi connectivity index (χ4n) is 2.97. The minimum absolute atomic E-state index is 0.174. The van der Waals surface area contributed by atoms with Crippen molar-refractivity contribution in [2.24, 2.45) is 0 Å². The number of nitrogens with one attached hydrogen (secondary N) is 1. The molecule has 1 amide bonds. The number of carbonyl (C=O) groups excluding carboxylic acids is 1. The van der Waals surface area contributed by atoms with Crippen LogP contribution < -0.4 is 4.72 Å². The summed E-state index contributed by atoms with van der Waals surface area (Å²) in [4.78, 5) is 13.4. The lowest BCUT2D eigenvalue weighted by molar-refractivity contribution is -0.127. The highest BCUT2D eigenvalue weighted by Crippen LogP contribution is 2.34. The zero-order valence-electron chi connectivity index (χ0n) is 11.9. The molecule has 2 unspecified atom stereocenters. The van der Waals surface area contributed by atoms with Gasteiger partial charge in [0, 0.05) is 20.1 Å². The van der Waals surface area contributed by atoms with E-state index in [1.807, 2.05) is 0 Å². The first-order chi connectivity index (χ1) is 9.99. The van der Waals surface area contributed by atoms with Gasteiger partial charge in [-0.3, -0.25) is 4.79 Å². The molecule has 3 heterocycles. The molecule has 1 N–H and O–H groups in total. The molecule has 21 heavy (non-hydrogen) atoms. The van der Waals surface area contributed by atoms with Gasteiger partial charge < -0.3 is 9.32 Å². The van der Waals surface area contributed by atoms with E-state index in [2.05, 4.69) is 4.72 Å². The second kappa shape index (κ2) is 5.43. The molecule has 0 radical (unpaired) electrons. The lowest BCUT2D eigenvalue weighted by Crippen LogP contribution is -2.47. The molecule has 1 aromatic heterocycles. The van der Waals surface area contributed by atoms with Crippen molar-refractivity contribution < 1.29 is 17.6 Å². The predicted molar refractivity (Wildman–Crippen MR) is 75.5 cm³/mol. The van der Waals surface area contributed by atoms with E-state index in [9.17, 15) is 13.2 Å². The molecule has 1 aromatic rings. The van der Waals surface area contributed by atoms with Crippen LogP contribution in [-0.4, -0.2) is 49.7 Å². The van der Waals surface area contributed by atoms with Gasteiger partial charge in [0.25, 0.3) is 10.2 Å². The van der Waals surface area contributed by atoms with Gasteiger partial charge in [0.05, 0.1) is 12.3 Å². The highest BCUT2D eigenvalue weighted by Gasteiger charge is 2.40. The average Bonchev–Trinajstić information content (AvgIpc) is 3.14. The molecular weight excluding hydrogens is 294 g/mol. The van der Waals surface area contributed by atoms with Gasteiger partial charge in [-0.05, 0) is 31.4 Å². The summed E-state index contributed by atoms with van der Waals surface area (Å²) in [5.74, 6) is 0.472. The van der Waals surface area contributed by atoms with Crippen LogP contribution in [0.2, 0.25) is 0 Å². The maximum Gasteiger partial charge on any atom is 0.280 e. The SMILES string of the molecule is CN1CCC(NS(=O)(=O)N2CCCC2c2ccco2)C1=O. The fourth-order valence-corrected chi connectivity index (χ4v) is 4.60. The molecule has 2 fully saturated rings. The van der Waals surface area contributed by atoms with Crippen molar-refractivity contribution in [1.29, 1.82) is 0 Å². The van der Waals surface area contributed by atoms with Crippen molar-refractivity contribution in [2.75, 3.05) is 20.1 Å². The van der Waals surface area contributed by atoms with Crippen LogP contribution in [0.3, 0.4) is 0 Å². The van der Waals surface area contributed by atoms with Crippen molar-refractivity contribution >= 4 is 16.1 Å². The summed E-state index contributed by atoms with van der Waals surface area (Å²) in [5.41, 5.74) is 0. The monoisotopic (exact) mass is 313 g/mol. The van der Waals surface area contributed by atoms with E-state index in [0.29, 0.717) is 25.3 Å². The summed E-state index contributed by atoms with van der Waals surface area (Å²) in [7, 11) is -2.02. The Kier molecular flexibility index (Phi) is 3.76. The molecule has 7 nitrogen and oxygen atoms in total. The summed E-state index contributed by atoms with van der Waals surface area (Å²) < 4.78 is 34.4. The second-order valence-corrected chi connectivity index (χ2v) is 7.16. The number of furan rings is 1. The molecule has 0 aromatic carbocycles. The molecule has 3 rings (SSSR count). The van der Waals surface area contributed by atoms with E-state index in [1.54, 1.807) is 30.3 Å². The zero-order chi connectivity index (χ0) is 15.0. The van der Waals surface area contributed by atoms with Gasteiger partial charge in [-0.15, -0.1) is 0 Å². The largest absolute Gasteiger partial charge is 0.468 e. The quantitative estimate of drug-likeness (QED) is 0.876. The first-order valence-corrected chi connectivity index (χ1v) is 8.50. The Hall–Kier alpha value is -1.38. The van der Waals surface area contributed by atoms with Crippen LogP contribution in [0, 0.1) is 0 Å². The van der Waals surface area contributed by atoms with E-state index >= 15 is 0 Å². The number of likely N-dealkylation sites (N-methyl/N-ethyl adjacent to an activating group) is 1. The number of nitrogens with zero attached hydrogens (tertiary/aromatic N) is 2. The van der Waals surface area contributed by atoms with Gasteiger partial charge in [0.2, 0.25) is 5.91 Å².